The molecule has 4 aromatic rings. The summed E-state index contributed by atoms with van der Waals surface area (Å²) in [6, 6.07) is 28.0. The number of benzene rings is 3. The van der Waals surface area contributed by atoms with E-state index in [0.717, 1.165) is 22.3 Å². The van der Waals surface area contributed by atoms with Crippen LogP contribution in [0.15, 0.2) is 89.9 Å². The molecule has 3 aromatic carbocycles. The van der Waals surface area contributed by atoms with Gasteiger partial charge in [0, 0.05) is 30.0 Å². The summed E-state index contributed by atoms with van der Waals surface area (Å²) in [5.41, 5.74) is 3.87. The number of hydrogen-bond donors (Lipinski definition) is 0. The van der Waals surface area contributed by atoms with Crippen LogP contribution in [-0.4, -0.2) is 28.2 Å². The van der Waals surface area contributed by atoms with Gasteiger partial charge in [0.15, 0.2) is 17.5 Å². The maximum Gasteiger partial charge on any atom is 0.164 e. The number of aromatic nitrogens is 3. The molecule has 0 atom stereocenters. The van der Waals surface area contributed by atoms with Crippen molar-refractivity contribution in [3.63, 3.8) is 0 Å². The average Bonchev–Trinajstić information content (AvgIpc) is 2.75. The van der Waals surface area contributed by atoms with Gasteiger partial charge in [-0.3, -0.25) is 4.99 Å². The van der Waals surface area contributed by atoms with E-state index in [-0.39, 0.29) is 0 Å². The maximum atomic E-state index is 4.73. The molecule has 0 fully saturated rings. The molecule has 1 heterocycles. The highest BCUT2D eigenvalue weighted by Crippen LogP contribution is 2.24. The first-order chi connectivity index (χ1) is 13.3. The zero-order valence-corrected chi connectivity index (χ0v) is 14.9. The maximum absolute atomic E-state index is 4.73. The molecule has 0 bridgehead atoms. The molecule has 0 spiro atoms. The van der Waals surface area contributed by atoms with Crippen LogP contribution in [0.1, 0.15) is 5.56 Å². The van der Waals surface area contributed by atoms with Crippen molar-refractivity contribution in [3.8, 4) is 34.2 Å². The lowest BCUT2D eigenvalue weighted by Crippen LogP contribution is -2.00. The van der Waals surface area contributed by atoms with Gasteiger partial charge in [-0.25, -0.2) is 15.0 Å². The molecule has 130 valence electrons. The van der Waals surface area contributed by atoms with Gasteiger partial charge in [-0.2, -0.15) is 0 Å². The first-order valence-electron chi connectivity index (χ1n) is 8.73. The van der Waals surface area contributed by atoms with Gasteiger partial charge in [-0.05, 0) is 11.6 Å². The van der Waals surface area contributed by atoms with Crippen molar-refractivity contribution >= 4 is 6.21 Å². The molecule has 4 nitrogen and oxygen atoms in total. The van der Waals surface area contributed by atoms with E-state index in [4.69, 9.17) is 15.0 Å². The fraction of sp³-hybridized carbons (Fsp3) is 0.0435. The Balaban J connectivity index is 1.90. The van der Waals surface area contributed by atoms with Gasteiger partial charge in [-0.1, -0.05) is 78.9 Å². The molecule has 27 heavy (non-hydrogen) atoms. The smallest absolute Gasteiger partial charge is 0.164 e. The van der Waals surface area contributed by atoms with Gasteiger partial charge in [0.05, 0.1) is 0 Å². The quantitative estimate of drug-likeness (QED) is 0.491. The van der Waals surface area contributed by atoms with Crippen LogP contribution < -0.4 is 0 Å². The number of rotatable bonds is 4. The van der Waals surface area contributed by atoms with E-state index in [0.29, 0.717) is 17.5 Å². The van der Waals surface area contributed by atoms with E-state index >= 15 is 0 Å². The third-order valence-corrected chi connectivity index (χ3v) is 4.12. The summed E-state index contributed by atoms with van der Waals surface area (Å²) in [4.78, 5) is 18.3. The Morgan fingerprint density at radius 3 is 1.59 bits per heavy atom. The monoisotopic (exact) mass is 350 g/mol. The Labute approximate surface area is 158 Å². The van der Waals surface area contributed by atoms with E-state index < -0.39 is 0 Å². The zero-order chi connectivity index (χ0) is 18.5. The van der Waals surface area contributed by atoms with Gasteiger partial charge < -0.3 is 0 Å². The number of hydrogen-bond acceptors (Lipinski definition) is 4. The summed E-state index contributed by atoms with van der Waals surface area (Å²) in [5.74, 6) is 1.97. The molecule has 0 amide bonds. The molecule has 1 aromatic heterocycles. The molecule has 0 aliphatic heterocycles. The highest BCUT2D eigenvalue weighted by atomic mass is 15.0. The zero-order valence-electron chi connectivity index (χ0n) is 14.9. The van der Waals surface area contributed by atoms with Crippen molar-refractivity contribution in [2.24, 2.45) is 4.99 Å². The summed E-state index contributed by atoms with van der Waals surface area (Å²) in [6.07, 6.45) is 1.82. The fourth-order valence-electron chi connectivity index (χ4n) is 2.84. The van der Waals surface area contributed by atoms with Crippen molar-refractivity contribution in [1.29, 1.82) is 0 Å². The largest absolute Gasteiger partial charge is 0.296 e. The lowest BCUT2D eigenvalue weighted by molar-refractivity contribution is 1.07. The minimum absolute atomic E-state index is 0.647. The van der Waals surface area contributed by atoms with Crippen LogP contribution in [0.2, 0.25) is 0 Å². The van der Waals surface area contributed by atoms with Crippen LogP contribution >= 0.6 is 0 Å². The summed E-state index contributed by atoms with van der Waals surface area (Å²) >= 11 is 0. The van der Waals surface area contributed by atoms with E-state index in [1.54, 1.807) is 7.05 Å². The average molecular weight is 350 g/mol. The minimum Gasteiger partial charge on any atom is -0.296 e. The SMILES string of the molecule is CN=Cc1cccc(-c2nc(-c3ccccc3)nc(-c3ccccc3)n2)c1. The molecule has 0 N–H and O–H groups in total. The molecule has 0 saturated carbocycles. The fourth-order valence-corrected chi connectivity index (χ4v) is 2.84. The van der Waals surface area contributed by atoms with Gasteiger partial charge in [-0.15, -0.1) is 0 Å². The highest BCUT2D eigenvalue weighted by Gasteiger charge is 2.12. The molecule has 0 saturated heterocycles. The van der Waals surface area contributed by atoms with E-state index in [1.807, 2.05) is 91.1 Å². The molecule has 0 aliphatic rings. The van der Waals surface area contributed by atoms with Crippen LogP contribution in [0, 0.1) is 0 Å². The lowest BCUT2D eigenvalue weighted by Gasteiger charge is -2.08. The molecule has 4 heteroatoms. The molecular weight excluding hydrogens is 332 g/mol. The van der Waals surface area contributed by atoms with Gasteiger partial charge >= 0.3 is 0 Å². The van der Waals surface area contributed by atoms with Crippen LogP contribution in [0.4, 0.5) is 0 Å². The second kappa shape index (κ2) is 7.70. The molecular formula is C23H18N4. The standard InChI is InChI=1S/C23H18N4/c1-24-16-17-9-8-14-20(15-17)23-26-21(18-10-4-2-5-11-18)25-22(27-23)19-12-6-3-7-13-19/h2-16H,1H3. The van der Waals surface area contributed by atoms with E-state index in [9.17, 15) is 0 Å². The van der Waals surface area contributed by atoms with Crippen molar-refractivity contribution in [2.75, 3.05) is 7.05 Å². The van der Waals surface area contributed by atoms with E-state index in [2.05, 4.69) is 4.99 Å². The Bertz CT molecular complexity index is 1020. The Kier molecular flexibility index (Phi) is 4.79. The van der Waals surface area contributed by atoms with Gasteiger partial charge in [0.25, 0.3) is 0 Å². The normalized spacial score (nSPS) is 11.0. The van der Waals surface area contributed by atoms with Gasteiger partial charge in [0.1, 0.15) is 0 Å². The third kappa shape index (κ3) is 3.80. The van der Waals surface area contributed by atoms with Crippen LogP contribution in [0.5, 0.6) is 0 Å². The topological polar surface area (TPSA) is 51.0 Å². The van der Waals surface area contributed by atoms with Crippen LogP contribution in [-0.2, 0) is 0 Å². The van der Waals surface area contributed by atoms with Crippen LogP contribution in [0.25, 0.3) is 34.2 Å². The van der Waals surface area contributed by atoms with Crippen molar-refractivity contribution in [3.05, 3.63) is 90.5 Å². The van der Waals surface area contributed by atoms with Crippen molar-refractivity contribution in [2.45, 2.75) is 0 Å². The molecule has 0 unspecified atom stereocenters. The second-order valence-electron chi connectivity index (χ2n) is 6.05. The van der Waals surface area contributed by atoms with Crippen molar-refractivity contribution in [1.82, 2.24) is 15.0 Å². The molecule has 4 rings (SSSR count). The first-order valence-corrected chi connectivity index (χ1v) is 8.73. The predicted octanol–water partition coefficient (Wildman–Crippen LogP) is 4.92. The number of nitrogens with zero attached hydrogens (tertiary/aromatic N) is 4. The Hall–Kier alpha value is -3.66. The molecule has 0 radical (unpaired) electrons. The van der Waals surface area contributed by atoms with Gasteiger partial charge in [0.2, 0.25) is 0 Å². The second-order valence-corrected chi connectivity index (χ2v) is 6.05. The summed E-state index contributed by atoms with van der Waals surface area (Å²) in [7, 11) is 1.76. The lowest BCUT2D eigenvalue weighted by atomic mass is 10.1. The van der Waals surface area contributed by atoms with Crippen LogP contribution in [0.3, 0.4) is 0 Å². The van der Waals surface area contributed by atoms with E-state index in [1.165, 1.54) is 0 Å². The predicted molar refractivity (Wildman–Crippen MR) is 110 cm³/mol. The Morgan fingerprint density at radius 2 is 1.07 bits per heavy atom. The van der Waals surface area contributed by atoms with Crippen molar-refractivity contribution < 1.29 is 0 Å². The number of aliphatic imine (C=N–C) groups is 1. The summed E-state index contributed by atoms with van der Waals surface area (Å²) < 4.78 is 0. The summed E-state index contributed by atoms with van der Waals surface area (Å²) in [6.45, 7) is 0. The molecule has 0 aliphatic carbocycles. The third-order valence-electron chi connectivity index (χ3n) is 4.12. The highest BCUT2D eigenvalue weighted by molar-refractivity contribution is 5.82. The Morgan fingerprint density at radius 1 is 0.593 bits per heavy atom. The summed E-state index contributed by atoms with van der Waals surface area (Å²) in [5, 5.41) is 0. The first kappa shape index (κ1) is 16.8. The minimum atomic E-state index is 0.647.